The second-order valence-corrected chi connectivity index (χ2v) is 7.97. The van der Waals surface area contributed by atoms with Gasteiger partial charge in [0.1, 0.15) is 17.1 Å². The van der Waals surface area contributed by atoms with Crippen LogP contribution in [0.3, 0.4) is 0 Å². The van der Waals surface area contributed by atoms with Crippen LogP contribution in [-0.4, -0.2) is 27.2 Å². The van der Waals surface area contributed by atoms with Crippen molar-refractivity contribution in [3.63, 3.8) is 0 Å². The smallest absolute Gasteiger partial charge is 0.248 e. The number of rotatable bonds is 7. The van der Waals surface area contributed by atoms with E-state index in [1.165, 1.54) is 18.2 Å². The van der Waals surface area contributed by atoms with E-state index in [9.17, 15) is 9.18 Å². The third kappa shape index (κ3) is 4.57. The maximum atomic E-state index is 13.9. The van der Waals surface area contributed by atoms with Gasteiger partial charge in [0.25, 0.3) is 0 Å². The van der Waals surface area contributed by atoms with Crippen LogP contribution in [0.1, 0.15) is 18.1 Å². The maximum absolute atomic E-state index is 13.9. The summed E-state index contributed by atoms with van der Waals surface area (Å²) < 4.78 is 36.3. The molecule has 3 aromatic carbocycles. The van der Waals surface area contributed by atoms with E-state index in [4.69, 9.17) is 18.6 Å². The monoisotopic (exact) mass is 475 g/mol. The highest BCUT2D eigenvalue weighted by molar-refractivity contribution is 6.06. The highest BCUT2D eigenvalue weighted by Gasteiger charge is 2.20. The first-order valence-electron chi connectivity index (χ1n) is 10.9. The molecule has 4 aromatic rings. The van der Waals surface area contributed by atoms with Crippen LogP contribution in [-0.2, 0) is 4.79 Å². The number of fused-ring (bicyclic) bond motifs is 1. The average Bonchev–Trinajstić information content (AvgIpc) is 3.29. The summed E-state index contributed by atoms with van der Waals surface area (Å²) in [5.41, 5.74) is 4.72. The summed E-state index contributed by atoms with van der Waals surface area (Å²) in [6.45, 7) is 3.71. The Morgan fingerprint density at radius 3 is 2.43 bits per heavy atom. The second-order valence-electron chi connectivity index (χ2n) is 7.97. The Kier molecular flexibility index (Phi) is 6.78. The molecule has 35 heavy (non-hydrogen) atoms. The Bertz CT molecular complexity index is 1440. The quantitative estimate of drug-likeness (QED) is 0.304. The number of methoxy groups -OCH3 is 3. The van der Waals surface area contributed by atoms with Crippen molar-refractivity contribution in [1.82, 2.24) is 0 Å². The fourth-order valence-corrected chi connectivity index (χ4v) is 4.10. The Hall–Kier alpha value is -4.26. The van der Waals surface area contributed by atoms with E-state index >= 15 is 0 Å². The van der Waals surface area contributed by atoms with Gasteiger partial charge in [0.05, 0.1) is 33.3 Å². The zero-order valence-corrected chi connectivity index (χ0v) is 20.2. The van der Waals surface area contributed by atoms with Crippen molar-refractivity contribution >= 4 is 28.1 Å². The molecule has 1 amide bonds. The second kappa shape index (κ2) is 9.93. The molecule has 180 valence electrons. The van der Waals surface area contributed by atoms with Gasteiger partial charge in [0.15, 0.2) is 11.5 Å². The minimum Gasteiger partial charge on any atom is -0.496 e. The highest BCUT2D eigenvalue weighted by Crippen LogP contribution is 2.42. The van der Waals surface area contributed by atoms with Crippen molar-refractivity contribution in [1.29, 1.82) is 0 Å². The summed E-state index contributed by atoms with van der Waals surface area (Å²) in [4.78, 5) is 12.6. The van der Waals surface area contributed by atoms with Gasteiger partial charge in [-0.2, -0.15) is 0 Å². The molecule has 0 aliphatic rings. The highest BCUT2D eigenvalue weighted by atomic mass is 19.1. The average molecular weight is 476 g/mol. The molecule has 7 heteroatoms. The van der Waals surface area contributed by atoms with Crippen LogP contribution in [0, 0.1) is 12.7 Å². The van der Waals surface area contributed by atoms with Crippen molar-refractivity contribution in [2.24, 2.45) is 0 Å². The van der Waals surface area contributed by atoms with Gasteiger partial charge in [-0.05, 0) is 55.3 Å². The number of ether oxygens (including phenoxy) is 3. The number of para-hydroxylation sites is 1. The Labute approximate surface area is 202 Å². The molecule has 4 rings (SSSR count). The lowest BCUT2D eigenvalue weighted by molar-refractivity contribution is -0.111. The molecule has 0 atom stereocenters. The van der Waals surface area contributed by atoms with Gasteiger partial charge >= 0.3 is 0 Å². The fourth-order valence-electron chi connectivity index (χ4n) is 4.10. The van der Waals surface area contributed by atoms with Crippen LogP contribution in [0.25, 0.3) is 27.7 Å². The normalized spacial score (nSPS) is 11.4. The molecule has 1 heterocycles. The summed E-state index contributed by atoms with van der Waals surface area (Å²) in [7, 11) is 4.75. The van der Waals surface area contributed by atoms with Gasteiger partial charge in [0, 0.05) is 28.2 Å². The predicted octanol–water partition coefficient (Wildman–Crippen LogP) is 6.62. The number of aryl methyl sites for hydroxylation is 1. The Morgan fingerprint density at radius 2 is 1.74 bits per heavy atom. The maximum Gasteiger partial charge on any atom is 0.248 e. The van der Waals surface area contributed by atoms with Crippen LogP contribution < -0.4 is 19.5 Å². The first-order chi connectivity index (χ1) is 16.9. The first kappa shape index (κ1) is 23.9. The molecule has 0 radical (unpaired) electrons. The zero-order valence-electron chi connectivity index (χ0n) is 20.2. The van der Waals surface area contributed by atoms with Gasteiger partial charge in [-0.25, -0.2) is 4.39 Å². The van der Waals surface area contributed by atoms with Gasteiger partial charge in [0.2, 0.25) is 5.91 Å². The minimum absolute atomic E-state index is 0.116. The number of carbonyl (C=O) groups is 1. The first-order valence-corrected chi connectivity index (χ1v) is 10.9. The van der Waals surface area contributed by atoms with Gasteiger partial charge in [-0.3, -0.25) is 4.79 Å². The SMILES string of the molecule is COc1ccc(-c2coc3c(C)c(OC)c(/C(C)=C/C(=O)Nc4ccccc4F)cc23)cc1OC. The zero-order chi connectivity index (χ0) is 25.1. The van der Waals surface area contributed by atoms with Crippen molar-refractivity contribution in [3.8, 4) is 28.4 Å². The lowest BCUT2D eigenvalue weighted by Crippen LogP contribution is -2.10. The molecule has 1 aromatic heterocycles. The number of furan rings is 1. The number of hydrogen-bond acceptors (Lipinski definition) is 5. The summed E-state index contributed by atoms with van der Waals surface area (Å²) >= 11 is 0. The summed E-state index contributed by atoms with van der Waals surface area (Å²) in [5.74, 6) is 0.880. The number of benzene rings is 3. The minimum atomic E-state index is -0.500. The van der Waals surface area contributed by atoms with Crippen molar-refractivity contribution in [3.05, 3.63) is 77.8 Å². The number of amides is 1. The van der Waals surface area contributed by atoms with Crippen LogP contribution in [0.5, 0.6) is 17.2 Å². The van der Waals surface area contributed by atoms with Crippen LogP contribution in [0.15, 0.2) is 65.3 Å². The van der Waals surface area contributed by atoms with E-state index in [0.717, 1.165) is 27.6 Å². The number of hydrogen-bond donors (Lipinski definition) is 1. The number of anilines is 1. The number of carbonyl (C=O) groups excluding carboxylic acids is 1. The molecule has 0 aliphatic carbocycles. The number of allylic oxidation sites excluding steroid dienone is 1. The van der Waals surface area contributed by atoms with Gasteiger partial charge in [-0.1, -0.05) is 18.2 Å². The topological polar surface area (TPSA) is 69.9 Å². The van der Waals surface area contributed by atoms with Crippen molar-refractivity contribution in [2.45, 2.75) is 13.8 Å². The third-order valence-corrected chi connectivity index (χ3v) is 5.85. The molecular formula is C28H26FNO5. The lowest BCUT2D eigenvalue weighted by Gasteiger charge is -2.14. The number of halogens is 1. The largest absolute Gasteiger partial charge is 0.496 e. The van der Waals surface area contributed by atoms with Crippen LogP contribution in [0.4, 0.5) is 10.1 Å². The molecule has 0 saturated carbocycles. The lowest BCUT2D eigenvalue weighted by atomic mass is 9.96. The Balaban J connectivity index is 1.79. The van der Waals surface area contributed by atoms with E-state index in [0.29, 0.717) is 28.4 Å². The molecule has 1 N–H and O–H groups in total. The van der Waals surface area contributed by atoms with E-state index in [1.54, 1.807) is 46.6 Å². The molecule has 0 spiro atoms. The van der Waals surface area contributed by atoms with Crippen LogP contribution >= 0.6 is 0 Å². The van der Waals surface area contributed by atoms with E-state index < -0.39 is 11.7 Å². The van der Waals surface area contributed by atoms with Crippen molar-refractivity contribution < 1.29 is 27.8 Å². The fraction of sp³-hybridized carbons (Fsp3) is 0.179. The summed E-state index contributed by atoms with van der Waals surface area (Å²) in [6, 6.07) is 13.6. The van der Waals surface area contributed by atoms with E-state index in [2.05, 4.69) is 5.32 Å². The Morgan fingerprint density at radius 1 is 1.00 bits per heavy atom. The van der Waals surface area contributed by atoms with E-state index in [1.807, 2.05) is 31.2 Å². The molecule has 0 fully saturated rings. The predicted molar refractivity (Wildman–Crippen MR) is 135 cm³/mol. The van der Waals surface area contributed by atoms with E-state index in [-0.39, 0.29) is 5.69 Å². The molecule has 6 nitrogen and oxygen atoms in total. The summed E-state index contributed by atoms with van der Waals surface area (Å²) in [5, 5.41) is 3.43. The number of nitrogens with one attached hydrogen (secondary N) is 1. The standard InChI is InChI=1S/C28H26FNO5/c1-16(12-26(31)30-23-9-7-6-8-22(23)29)19-14-20-21(15-35-28(20)17(2)27(19)34-5)18-10-11-24(32-3)25(13-18)33-4/h6-15H,1-5H3,(H,30,31)/b16-12+. The molecule has 0 aliphatic heterocycles. The van der Waals surface area contributed by atoms with Crippen molar-refractivity contribution in [2.75, 3.05) is 26.6 Å². The van der Waals surface area contributed by atoms with Gasteiger partial charge in [-0.15, -0.1) is 0 Å². The molecule has 0 saturated heterocycles. The van der Waals surface area contributed by atoms with Gasteiger partial charge < -0.3 is 23.9 Å². The van der Waals surface area contributed by atoms with Crippen LogP contribution in [0.2, 0.25) is 0 Å². The summed E-state index contributed by atoms with van der Waals surface area (Å²) in [6.07, 6.45) is 3.11. The molecular weight excluding hydrogens is 449 g/mol. The third-order valence-electron chi connectivity index (χ3n) is 5.85. The molecule has 0 bridgehead atoms. The molecule has 0 unspecified atom stereocenters.